The maximum atomic E-state index is 6.14. The van der Waals surface area contributed by atoms with Crippen LogP contribution in [-0.2, 0) is 10.5 Å². The van der Waals surface area contributed by atoms with Crippen molar-refractivity contribution in [2.45, 2.75) is 10.1 Å². The standard InChI is InChI=1S/C13H13Cl2N5OS2/c1-21-3-2-16-12-18-19-13(23-12)22-7-9-6-20-5-8(14)4-10(15)11(20)17-9/h4-6H,2-3,7H2,1H3,(H,16,18). The van der Waals surface area contributed by atoms with E-state index in [1.165, 1.54) is 11.3 Å². The van der Waals surface area contributed by atoms with E-state index in [1.807, 2.05) is 10.6 Å². The number of anilines is 1. The SMILES string of the molecule is COCCNc1nnc(SCc2cn3cc(Cl)cc(Cl)c3n2)s1. The van der Waals surface area contributed by atoms with Crippen LogP contribution in [0, 0.1) is 0 Å². The number of hydrogen-bond acceptors (Lipinski definition) is 7. The minimum atomic E-state index is 0.536. The first-order chi connectivity index (χ1) is 11.2. The third-order valence-electron chi connectivity index (χ3n) is 2.86. The van der Waals surface area contributed by atoms with Gasteiger partial charge in [0.1, 0.15) is 0 Å². The Balaban J connectivity index is 1.63. The lowest BCUT2D eigenvalue weighted by atomic mass is 10.5. The Kier molecular flexibility index (Phi) is 5.60. The molecular weight excluding hydrogens is 377 g/mol. The smallest absolute Gasteiger partial charge is 0.206 e. The highest BCUT2D eigenvalue weighted by atomic mass is 35.5. The van der Waals surface area contributed by atoms with Crippen LogP contribution in [-0.4, -0.2) is 39.8 Å². The van der Waals surface area contributed by atoms with Gasteiger partial charge >= 0.3 is 0 Å². The zero-order valence-electron chi connectivity index (χ0n) is 12.1. The molecule has 6 nitrogen and oxygen atoms in total. The van der Waals surface area contributed by atoms with Gasteiger partial charge < -0.3 is 14.5 Å². The fraction of sp³-hybridized carbons (Fsp3) is 0.308. The highest BCUT2D eigenvalue weighted by Gasteiger charge is 2.09. The fourth-order valence-electron chi connectivity index (χ4n) is 1.88. The van der Waals surface area contributed by atoms with Crippen LogP contribution in [0.5, 0.6) is 0 Å². The maximum Gasteiger partial charge on any atom is 0.206 e. The van der Waals surface area contributed by atoms with Gasteiger partial charge in [-0.3, -0.25) is 0 Å². The molecule has 0 aliphatic heterocycles. The molecule has 0 aromatic carbocycles. The summed E-state index contributed by atoms with van der Waals surface area (Å²) in [7, 11) is 1.66. The van der Waals surface area contributed by atoms with Crippen LogP contribution in [0.25, 0.3) is 5.65 Å². The Morgan fingerprint density at radius 3 is 3.04 bits per heavy atom. The van der Waals surface area contributed by atoms with Gasteiger partial charge in [-0.1, -0.05) is 46.3 Å². The van der Waals surface area contributed by atoms with Gasteiger partial charge in [0.25, 0.3) is 0 Å². The lowest BCUT2D eigenvalue weighted by molar-refractivity contribution is 0.211. The van der Waals surface area contributed by atoms with E-state index in [-0.39, 0.29) is 0 Å². The number of nitrogens with one attached hydrogen (secondary N) is 1. The predicted molar refractivity (Wildman–Crippen MR) is 95.0 cm³/mol. The van der Waals surface area contributed by atoms with Crippen molar-refractivity contribution in [2.75, 3.05) is 25.6 Å². The largest absolute Gasteiger partial charge is 0.383 e. The van der Waals surface area contributed by atoms with E-state index in [9.17, 15) is 0 Å². The second-order valence-corrected chi connectivity index (χ2v) is 7.59. The van der Waals surface area contributed by atoms with Crippen molar-refractivity contribution in [3.63, 3.8) is 0 Å². The molecule has 3 rings (SSSR count). The van der Waals surface area contributed by atoms with E-state index in [4.69, 9.17) is 27.9 Å². The molecule has 0 saturated heterocycles. The topological polar surface area (TPSA) is 64.3 Å². The summed E-state index contributed by atoms with van der Waals surface area (Å²) in [4.78, 5) is 4.51. The van der Waals surface area contributed by atoms with Crippen LogP contribution in [0.15, 0.2) is 22.8 Å². The Morgan fingerprint density at radius 1 is 1.35 bits per heavy atom. The zero-order valence-corrected chi connectivity index (χ0v) is 15.3. The normalized spacial score (nSPS) is 11.3. The number of nitrogens with zero attached hydrogens (tertiary/aromatic N) is 4. The number of halogens is 2. The number of pyridine rings is 1. The van der Waals surface area contributed by atoms with Gasteiger partial charge in [0.2, 0.25) is 5.13 Å². The molecule has 122 valence electrons. The van der Waals surface area contributed by atoms with Gasteiger partial charge in [-0.05, 0) is 6.07 Å². The summed E-state index contributed by atoms with van der Waals surface area (Å²) in [6.07, 6.45) is 3.70. The van der Waals surface area contributed by atoms with Crippen molar-refractivity contribution in [2.24, 2.45) is 0 Å². The van der Waals surface area contributed by atoms with Gasteiger partial charge in [-0.15, -0.1) is 10.2 Å². The number of fused-ring (bicyclic) bond motifs is 1. The molecule has 0 bridgehead atoms. The molecule has 0 aliphatic carbocycles. The van der Waals surface area contributed by atoms with Crippen molar-refractivity contribution in [1.82, 2.24) is 19.6 Å². The average Bonchev–Trinajstić information content (AvgIpc) is 3.12. The summed E-state index contributed by atoms with van der Waals surface area (Å²) in [6.45, 7) is 1.34. The van der Waals surface area contributed by atoms with Crippen molar-refractivity contribution in [1.29, 1.82) is 0 Å². The summed E-state index contributed by atoms with van der Waals surface area (Å²) in [5.74, 6) is 0.683. The summed E-state index contributed by atoms with van der Waals surface area (Å²) in [5.41, 5.74) is 1.61. The summed E-state index contributed by atoms with van der Waals surface area (Å²) in [5, 5.41) is 13.3. The van der Waals surface area contributed by atoms with Crippen molar-refractivity contribution >= 4 is 57.1 Å². The Labute approximate surface area is 151 Å². The summed E-state index contributed by atoms with van der Waals surface area (Å²) in [6, 6.07) is 1.69. The number of hydrogen-bond donors (Lipinski definition) is 1. The van der Waals surface area contributed by atoms with Crippen molar-refractivity contribution in [3.8, 4) is 0 Å². The molecule has 0 radical (unpaired) electrons. The molecule has 10 heteroatoms. The molecule has 3 heterocycles. The molecule has 3 aromatic heterocycles. The lowest BCUT2D eigenvalue weighted by Gasteiger charge is -1.98. The van der Waals surface area contributed by atoms with Gasteiger partial charge in [-0.25, -0.2) is 4.98 Å². The quantitative estimate of drug-likeness (QED) is 0.489. The van der Waals surface area contributed by atoms with Gasteiger partial charge in [0.15, 0.2) is 9.99 Å². The van der Waals surface area contributed by atoms with Crippen LogP contribution in [0.3, 0.4) is 0 Å². The number of thioether (sulfide) groups is 1. The lowest BCUT2D eigenvalue weighted by Crippen LogP contribution is -2.06. The Bertz CT molecular complexity index is 807. The second kappa shape index (κ2) is 7.67. The first-order valence-electron chi connectivity index (χ1n) is 6.67. The van der Waals surface area contributed by atoms with Gasteiger partial charge in [0, 0.05) is 31.8 Å². The van der Waals surface area contributed by atoms with E-state index in [0.717, 1.165) is 15.2 Å². The summed E-state index contributed by atoms with van der Waals surface area (Å²) < 4.78 is 7.69. The zero-order chi connectivity index (χ0) is 16.2. The molecule has 3 aromatic rings. The van der Waals surface area contributed by atoms with Crippen LogP contribution in [0.1, 0.15) is 5.69 Å². The number of imidazole rings is 1. The Hall–Kier alpha value is -1.06. The number of ether oxygens (including phenoxy) is 1. The first kappa shape index (κ1) is 16.8. The predicted octanol–water partition coefficient (Wildman–Crippen LogP) is 3.84. The average molecular weight is 390 g/mol. The monoisotopic (exact) mass is 389 g/mol. The minimum Gasteiger partial charge on any atom is -0.383 e. The van der Waals surface area contributed by atoms with E-state index >= 15 is 0 Å². The van der Waals surface area contributed by atoms with Crippen molar-refractivity contribution < 1.29 is 4.74 Å². The molecular formula is C13H13Cl2N5OS2. The third kappa shape index (κ3) is 4.27. The van der Waals surface area contributed by atoms with Gasteiger partial charge in [0.05, 0.1) is 22.3 Å². The summed E-state index contributed by atoms with van der Waals surface area (Å²) >= 11 is 15.2. The van der Waals surface area contributed by atoms with Crippen LogP contribution in [0.2, 0.25) is 10.0 Å². The molecule has 0 amide bonds. The fourth-order valence-corrected chi connectivity index (χ4v) is 4.07. The second-order valence-electron chi connectivity index (χ2n) is 4.55. The molecule has 0 spiro atoms. The number of aromatic nitrogens is 4. The van der Waals surface area contributed by atoms with Crippen LogP contribution < -0.4 is 5.32 Å². The van der Waals surface area contributed by atoms with Crippen molar-refractivity contribution in [3.05, 3.63) is 34.2 Å². The van der Waals surface area contributed by atoms with E-state index in [0.29, 0.717) is 34.6 Å². The molecule has 0 saturated carbocycles. The first-order valence-corrected chi connectivity index (χ1v) is 9.23. The highest BCUT2D eigenvalue weighted by Crippen LogP contribution is 2.29. The molecule has 0 aliphatic rings. The molecule has 23 heavy (non-hydrogen) atoms. The van der Waals surface area contributed by atoms with E-state index in [2.05, 4.69) is 20.5 Å². The van der Waals surface area contributed by atoms with Gasteiger partial charge in [-0.2, -0.15) is 0 Å². The minimum absolute atomic E-state index is 0.536. The molecule has 0 fully saturated rings. The maximum absolute atomic E-state index is 6.14. The number of methoxy groups -OCH3 is 1. The molecule has 1 N–H and O–H groups in total. The molecule has 0 atom stereocenters. The molecule has 0 unspecified atom stereocenters. The van der Waals surface area contributed by atoms with Crippen LogP contribution in [0.4, 0.5) is 5.13 Å². The Morgan fingerprint density at radius 2 is 2.22 bits per heavy atom. The van der Waals surface area contributed by atoms with E-state index in [1.54, 1.807) is 31.1 Å². The third-order valence-corrected chi connectivity index (χ3v) is 5.39. The highest BCUT2D eigenvalue weighted by molar-refractivity contribution is 8.00. The van der Waals surface area contributed by atoms with Crippen LogP contribution >= 0.6 is 46.3 Å². The van der Waals surface area contributed by atoms with E-state index < -0.39 is 0 Å². The number of rotatable bonds is 7.